The molecule has 1 atom stereocenters. The van der Waals surface area contributed by atoms with Crippen molar-refractivity contribution in [1.82, 2.24) is 10.2 Å². The number of amides is 2. The van der Waals surface area contributed by atoms with Crippen LogP contribution in [0.2, 0.25) is 15.1 Å². The summed E-state index contributed by atoms with van der Waals surface area (Å²) in [5.74, 6) is -1.35. The van der Waals surface area contributed by atoms with Crippen molar-refractivity contribution in [2.45, 2.75) is 33.4 Å². The Labute approximate surface area is 220 Å². The molecule has 2 aromatic carbocycles. The predicted molar refractivity (Wildman–Crippen MR) is 138 cm³/mol. The highest BCUT2D eigenvalue weighted by atomic mass is 35.5. The molecule has 0 heterocycles. The smallest absolute Gasteiger partial charge is 0.244 e. The van der Waals surface area contributed by atoms with Gasteiger partial charge in [-0.3, -0.25) is 13.9 Å². The molecule has 2 rings (SSSR count). The Kier molecular flexibility index (Phi) is 10.2. The van der Waals surface area contributed by atoms with Crippen LogP contribution in [0.1, 0.15) is 26.3 Å². The van der Waals surface area contributed by atoms with E-state index in [-0.39, 0.29) is 33.2 Å². The molecule has 1 N–H and O–H groups in total. The lowest BCUT2D eigenvalue weighted by atomic mass is 10.1. The van der Waals surface area contributed by atoms with Crippen LogP contribution in [0.25, 0.3) is 0 Å². The average Bonchev–Trinajstić information content (AvgIpc) is 2.76. The largest absolute Gasteiger partial charge is 0.354 e. The summed E-state index contributed by atoms with van der Waals surface area (Å²) < 4.78 is 39.4. The maximum Gasteiger partial charge on any atom is 0.244 e. The SMILES string of the molecule is CC(C)CNC(=O)[C@@H](C)N(Cc1ccc(F)cc1)C(=O)CN(c1cc(Cl)c(Cl)cc1Cl)S(C)(=O)=O. The molecule has 35 heavy (non-hydrogen) atoms. The number of benzene rings is 2. The molecule has 0 saturated heterocycles. The lowest BCUT2D eigenvalue weighted by Gasteiger charge is -2.32. The number of nitrogens with zero attached hydrogens (tertiary/aromatic N) is 2. The molecule has 12 heteroatoms. The molecule has 0 saturated carbocycles. The van der Waals surface area contributed by atoms with Crippen LogP contribution in [0.4, 0.5) is 10.1 Å². The third kappa shape index (κ3) is 8.24. The van der Waals surface area contributed by atoms with Crippen molar-refractivity contribution in [1.29, 1.82) is 0 Å². The molecule has 2 amide bonds. The van der Waals surface area contributed by atoms with E-state index in [9.17, 15) is 22.4 Å². The van der Waals surface area contributed by atoms with Crippen molar-refractivity contribution in [2.24, 2.45) is 5.92 Å². The quantitative estimate of drug-likeness (QED) is 0.421. The Morgan fingerprint density at radius 1 is 1.00 bits per heavy atom. The van der Waals surface area contributed by atoms with Crippen LogP contribution in [-0.2, 0) is 26.2 Å². The van der Waals surface area contributed by atoms with E-state index in [2.05, 4.69) is 5.32 Å². The summed E-state index contributed by atoms with van der Waals surface area (Å²) in [5, 5.41) is 2.92. The van der Waals surface area contributed by atoms with E-state index in [0.29, 0.717) is 12.1 Å². The number of rotatable bonds is 10. The molecule has 0 spiro atoms. The number of nitrogens with one attached hydrogen (secondary N) is 1. The summed E-state index contributed by atoms with van der Waals surface area (Å²) in [5.41, 5.74) is 0.525. The van der Waals surface area contributed by atoms with Crippen LogP contribution in [0.5, 0.6) is 0 Å². The average molecular weight is 567 g/mol. The minimum atomic E-state index is -4.00. The minimum Gasteiger partial charge on any atom is -0.354 e. The van der Waals surface area contributed by atoms with E-state index in [0.717, 1.165) is 10.6 Å². The topological polar surface area (TPSA) is 86.8 Å². The summed E-state index contributed by atoms with van der Waals surface area (Å²) in [6.07, 6.45) is 0.919. The molecule has 0 bridgehead atoms. The van der Waals surface area contributed by atoms with E-state index in [1.54, 1.807) is 0 Å². The number of hydrogen-bond donors (Lipinski definition) is 1. The first-order valence-electron chi connectivity index (χ1n) is 10.6. The van der Waals surface area contributed by atoms with Gasteiger partial charge in [-0.05, 0) is 42.7 Å². The van der Waals surface area contributed by atoms with Gasteiger partial charge in [-0.1, -0.05) is 60.8 Å². The van der Waals surface area contributed by atoms with Gasteiger partial charge in [0, 0.05) is 13.1 Å². The molecule has 0 unspecified atom stereocenters. The van der Waals surface area contributed by atoms with Crippen LogP contribution in [0.15, 0.2) is 36.4 Å². The van der Waals surface area contributed by atoms with Crippen molar-refractivity contribution < 1.29 is 22.4 Å². The van der Waals surface area contributed by atoms with Crippen LogP contribution >= 0.6 is 34.8 Å². The molecule has 0 aliphatic rings. The third-order valence-corrected chi connectivity index (χ3v) is 7.21. The molecular weight excluding hydrogens is 540 g/mol. The van der Waals surface area contributed by atoms with Gasteiger partial charge in [-0.25, -0.2) is 12.8 Å². The predicted octanol–water partition coefficient (Wildman–Crippen LogP) is 4.74. The standard InChI is InChI=1S/C23H27Cl3FN3O4S/c1-14(2)11-28-23(32)15(3)29(12-16-5-7-17(27)8-6-16)22(31)13-30(35(4,33)34)21-10-19(25)18(24)9-20(21)26/h5-10,14-15H,11-13H2,1-4H3,(H,28,32)/t15-/m1/s1. The second kappa shape index (κ2) is 12.3. The van der Waals surface area contributed by atoms with Crippen molar-refractivity contribution in [3.63, 3.8) is 0 Å². The normalized spacial score (nSPS) is 12.4. The number of carbonyl (C=O) groups excluding carboxylic acids is 2. The van der Waals surface area contributed by atoms with Gasteiger partial charge in [-0.15, -0.1) is 0 Å². The third-order valence-electron chi connectivity index (χ3n) is 5.06. The fraction of sp³-hybridized carbons (Fsp3) is 0.391. The first-order valence-corrected chi connectivity index (χ1v) is 13.6. The maximum atomic E-state index is 13.5. The zero-order valence-corrected chi connectivity index (χ0v) is 22.8. The first-order chi connectivity index (χ1) is 16.2. The summed E-state index contributed by atoms with van der Waals surface area (Å²) in [7, 11) is -4.00. The minimum absolute atomic E-state index is 0.0227. The van der Waals surface area contributed by atoms with E-state index in [4.69, 9.17) is 34.8 Å². The molecule has 0 aliphatic carbocycles. The lowest BCUT2D eigenvalue weighted by molar-refractivity contribution is -0.139. The number of anilines is 1. The highest BCUT2D eigenvalue weighted by molar-refractivity contribution is 7.92. The Morgan fingerprint density at radius 3 is 2.11 bits per heavy atom. The van der Waals surface area contributed by atoms with Gasteiger partial charge in [0.2, 0.25) is 21.8 Å². The Balaban J connectivity index is 2.43. The fourth-order valence-electron chi connectivity index (χ4n) is 3.12. The highest BCUT2D eigenvalue weighted by Gasteiger charge is 2.31. The van der Waals surface area contributed by atoms with Gasteiger partial charge < -0.3 is 10.2 Å². The van der Waals surface area contributed by atoms with Crippen LogP contribution in [-0.4, -0.2) is 50.5 Å². The van der Waals surface area contributed by atoms with Gasteiger partial charge in [-0.2, -0.15) is 0 Å². The van der Waals surface area contributed by atoms with E-state index < -0.39 is 40.2 Å². The Hall–Kier alpha value is -2.07. The monoisotopic (exact) mass is 565 g/mol. The second-order valence-electron chi connectivity index (χ2n) is 8.45. The van der Waals surface area contributed by atoms with Gasteiger partial charge in [0.1, 0.15) is 18.4 Å². The van der Waals surface area contributed by atoms with Crippen molar-refractivity contribution in [3.8, 4) is 0 Å². The van der Waals surface area contributed by atoms with Crippen LogP contribution in [0, 0.1) is 11.7 Å². The van der Waals surface area contributed by atoms with E-state index in [1.807, 2.05) is 13.8 Å². The van der Waals surface area contributed by atoms with Gasteiger partial charge >= 0.3 is 0 Å². The number of sulfonamides is 1. The number of hydrogen-bond acceptors (Lipinski definition) is 4. The first kappa shape index (κ1) is 29.2. The zero-order valence-electron chi connectivity index (χ0n) is 19.7. The van der Waals surface area contributed by atoms with Crippen LogP contribution < -0.4 is 9.62 Å². The second-order valence-corrected chi connectivity index (χ2v) is 11.6. The molecule has 7 nitrogen and oxygen atoms in total. The number of carbonyl (C=O) groups is 2. The van der Waals surface area contributed by atoms with Gasteiger partial charge in [0.25, 0.3) is 0 Å². The summed E-state index contributed by atoms with van der Waals surface area (Å²) in [4.78, 5) is 27.5. The van der Waals surface area contributed by atoms with Crippen LogP contribution in [0.3, 0.4) is 0 Å². The zero-order chi connectivity index (χ0) is 26.5. The lowest BCUT2D eigenvalue weighted by Crippen LogP contribution is -2.51. The fourth-order valence-corrected chi connectivity index (χ4v) is 4.67. The summed E-state index contributed by atoms with van der Waals surface area (Å²) in [6, 6.07) is 7.03. The maximum absolute atomic E-state index is 13.5. The molecule has 2 aromatic rings. The van der Waals surface area contributed by atoms with Crippen molar-refractivity contribution >= 4 is 62.3 Å². The summed E-state index contributed by atoms with van der Waals surface area (Å²) in [6.45, 7) is 5.08. The van der Waals surface area contributed by atoms with Gasteiger partial charge in [0.15, 0.2) is 0 Å². The molecule has 0 aliphatic heterocycles. The van der Waals surface area contributed by atoms with E-state index >= 15 is 0 Å². The van der Waals surface area contributed by atoms with Crippen molar-refractivity contribution in [2.75, 3.05) is 23.7 Å². The highest BCUT2D eigenvalue weighted by Crippen LogP contribution is 2.35. The van der Waals surface area contributed by atoms with Gasteiger partial charge in [0.05, 0.1) is 27.0 Å². The molecular formula is C23H27Cl3FN3O4S. The molecule has 192 valence electrons. The Morgan fingerprint density at radius 2 is 1.57 bits per heavy atom. The number of halogens is 4. The molecule has 0 aromatic heterocycles. The molecule has 0 fully saturated rings. The molecule has 0 radical (unpaired) electrons. The van der Waals surface area contributed by atoms with E-state index in [1.165, 1.54) is 48.2 Å². The van der Waals surface area contributed by atoms with Crippen molar-refractivity contribution in [3.05, 3.63) is 62.8 Å². The summed E-state index contributed by atoms with van der Waals surface area (Å²) >= 11 is 18.2. The Bertz CT molecular complexity index is 1180.